The summed E-state index contributed by atoms with van der Waals surface area (Å²) in [6, 6.07) is 8.72. The average Bonchev–Trinajstić information content (AvgIpc) is 2.62. The molecule has 0 spiro atoms. The molecule has 0 unspecified atom stereocenters. The Morgan fingerprint density at radius 3 is 2.96 bits per heavy atom. The van der Waals surface area contributed by atoms with Crippen molar-refractivity contribution in [1.29, 1.82) is 0 Å². The molecule has 0 saturated heterocycles. The predicted molar refractivity (Wildman–Crippen MR) is 93.8 cm³/mol. The van der Waals surface area contributed by atoms with E-state index in [2.05, 4.69) is 5.32 Å². The van der Waals surface area contributed by atoms with Crippen LogP contribution in [0.4, 0.5) is 0 Å². The molecule has 0 bridgehead atoms. The number of ether oxygens (including phenoxy) is 1. The first kappa shape index (κ1) is 17.2. The molecule has 0 radical (unpaired) electrons. The summed E-state index contributed by atoms with van der Waals surface area (Å²) in [5.74, 6) is 0.273. The number of hydrogen-bond donors (Lipinski definition) is 2. The number of fused-ring (bicyclic) bond motifs is 1. The Kier molecular flexibility index (Phi) is 4.63. The monoisotopic (exact) mass is 342 g/mol. The Bertz CT molecular complexity index is 859. The van der Waals surface area contributed by atoms with Gasteiger partial charge >= 0.3 is 0 Å². The lowest BCUT2D eigenvalue weighted by Gasteiger charge is -2.34. The molecular weight excluding hydrogens is 320 g/mol. The molecule has 2 aromatic rings. The summed E-state index contributed by atoms with van der Waals surface area (Å²) in [7, 11) is 3.20. The zero-order valence-corrected chi connectivity index (χ0v) is 14.4. The van der Waals surface area contributed by atoms with Crippen LogP contribution in [0.25, 0.3) is 0 Å². The predicted octanol–water partition coefficient (Wildman–Crippen LogP) is 1.35. The van der Waals surface area contributed by atoms with Crippen LogP contribution >= 0.6 is 0 Å². The molecule has 1 atom stereocenters. The Morgan fingerprint density at radius 1 is 1.40 bits per heavy atom. The SMILES string of the molecule is COc1ccc2c(c1)CCC[C@@]2(O)CNC(=O)c1cccn(C)c1=O. The fourth-order valence-corrected chi connectivity index (χ4v) is 3.34. The zero-order valence-electron chi connectivity index (χ0n) is 14.4. The Morgan fingerprint density at radius 2 is 2.20 bits per heavy atom. The first-order chi connectivity index (χ1) is 11.9. The quantitative estimate of drug-likeness (QED) is 0.879. The second-order valence-electron chi connectivity index (χ2n) is 6.43. The van der Waals surface area contributed by atoms with Gasteiger partial charge < -0.3 is 19.7 Å². The molecule has 0 aliphatic heterocycles. The van der Waals surface area contributed by atoms with Crippen LogP contribution in [0.15, 0.2) is 41.3 Å². The molecule has 25 heavy (non-hydrogen) atoms. The van der Waals surface area contributed by atoms with Crippen LogP contribution in [-0.2, 0) is 19.1 Å². The van der Waals surface area contributed by atoms with Gasteiger partial charge in [0.05, 0.1) is 13.7 Å². The van der Waals surface area contributed by atoms with E-state index in [0.717, 1.165) is 29.7 Å². The molecule has 3 rings (SSSR count). The van der Waals surface area contributed by atoms with E-state index in [9.17, 15) is 14.7 Å². The van der Waals surface area contributed by atoms with E-state index in [0.29, 0.717) is 6.42 Å². The van der Waals surface area contributed by atoms with Crippen molar-refractivity contribution in [2.45, 2.75) is 24.9 Å². The number of aromatic nitrogens is 1. The normalized spacial score (nSPS) is 19.2. The maximum Gasteiger partial charge on any atom is 0.263 e. The minimum atomic E-state index is -1.14. The molecule has 1 aliphatic carbocycles. The van der Waals surface area contributed by atoms with Gasteiger partial charge in [-0.25, -0.2) is 0 Å². The highest BCUT2D eigenvalue weighted by Gasteiger charge is 2.35. The van der Waals surface area contributed by atoms with E-state index in [1.165, 1.54) is 10.6 Å². The lowest BCUT2D eigenvalue weighted by atomic mass is 9.79. The van der Waals surface area contributed by atoms with E-state index < -0.39 is 11.5 Å². The summed E-state index contributed by atoms with van der Waals surface area (Å²) in [5, 5.41) is 13.8. The number of pyridine rings is 1. The minimum Gasteiger partial charge on any atom is -0.497 e. The van der Waals surface area contributed by atoms with Crippen LogP contribution in [0.3, 0.4) is 0 Å². The molecule has 1 aliphatic rings. The van der Waals surface area contributed by atoms with E-state index >= 15 is 0 Å². The van der Waals surface area contributed by atoms with Gasteiger partial charge in [-0.05, 0) is 54.7 Å². The Hall–Kier alpha value is -2.60. The van der Waals surface area contributed by atoms with Gasteiger partial charge in [0.25, 0.3) is 11.5 Å². The molecule has 1 heterocycles. The van der Waals surface area contributed by atoms with E-state index in [1.54, 1.807) is 26.4 Å². The van der Waals surface area contributed by atoms with Crippen molar-refractivity contribution in [1.82, 2.24) is 9.88 Å². The first-order valence-corrected chi connectivity index (χ1v) is 8.28. The van der Waals surface area contributed by atoms with Crippen LogP contribution in [0.5, 0.6) is 5.75 Å². The smallest absolute Gasteiger partial charge is 0.263 e. The van der Waals surface area contributed by atoms with E-state index in [1.807, 2.05) is 18.2 Å². The third-order valence-electron chi connectivity index (χ3n) is 4.76. The Labute approximate surface area is 146 Å². The van der Waals surface area contributed by atoms with Crippen molar-refractivity contribution in [3.8, 4) is 5.75 Å². The topological polar surface area (TPSA) is 80.6 Å². The van der Waals surface area contributed by atoms with Gasteiger partial charge in [-0.15, -0.1) is 0 Å². The van der Waals surface area contributed by atoms with Gasteiger partial charge in [0.15, 0.2) is 0 Å². The second-order valence-corrected chi connectivity index (χ2v) is 6.43. The standard InChI is InChI=1S/C19H22N2O4/c1-21-10-4-6-15(18(21)23)17(22)20-12-19(24)9-3-5-13-11-14(25-2)7-8-16(13)19/h4,6-8,10-11,24H,3,5,9,12H2,1-2H3,(H,20,22)/t19-/m1/s1. The van der Waals surface area contributed by atoms with Crippen LogP contribution < -0.4 is 15.6 Å². The lowest BCUT2D eigenvalue weighted by molar-refractivity contribution is 0.0188. The van der Waals surface area contributed by atoms with Crippen LogP contribution in [0.1, 0.15) is 34.3 Å². The highest BCUT2D eigenvalue weighted by Crippen LogP contribution is 2.36. The van der Waals surface area contributed by atoms with Crippen molar-refractivity contribution in [3.63, 3.8) is 0 Å². The summed E-state index contributed by atoms with van der Waals surface area (Å²) < 4.78 is 6.59. The molecular formula is C19H22N2O4. The molecule has 1 aromatic carbocycles. The van der Waals surface area contributed by atoms with Crippen LogP contribution in [0.2, 0.25) is 0 Å². The van der Waals surface area contributed by atoms with Gasteiger partial charge in [0, 0.05) is 13.2 Å². The summed E-state index contributed by atoms with van der Waals surface area (Å²) in [4.78, 5) is 24.4. The molecule has 1 amide bonds. The van der Waals surface area contributed by atoms with Crippen LogP contribution in [0, 0.1) is 0 Å². The fraction of sp³-hybridized carbons (Fsp3) is 0.368. The number of aliphatic hydroxyl groups is 1. The third kappa shape index (κ3) is 3.30. The zero-order chi connectivity index (χ0) is 18.0. The second kappa shape index (κ2) is 6.72. The molecule has 6 nitrogen and oxygen atoms in total. The molecule has 132 valence electrons. The van der Waals surface area contributed by atoms with Crippen molar-refractivity contribution >= 4 is 5.91 Å². The van der Waals surface area contributed by atoms with Crippen LogP contribution in [-0.4, -0.2) is 29.2 Å². The minimum absolute atomic E-state index is 0.0587. The van der Waals surface area contributed by atoms with Crippen molar-refractivity contribution in [2.24, 2.45) is 7.05 Å². The number of nitrogens with one attached hydrogen (secondary N) is 1. The van der Waals surface area contributed by atoms with Gasteiger partial charge in [-0.2, -0.15) is 0 Å². The van der Waals surface area contributed by atoms with Gasteiger partial charge in [0.2, 0.25) is 0 Å². The number of nitrogens with zero attached hydrogens (tertiary/aromatic N) is 1. The number of methoxy groups -OCH3 is 1. The van der Waals surface area contributed by atoms with Crippen molar-refractivity contribution < 1.29 is 14.6 Å². The average molecular weight is 342 g/mol. The maximum absolute atomic E-state index is 12.4. The fourth-order valence-electron chi connectivity index (χ4n) is 3.34. The summed E-state index contributed by atoms with van der Waals surface area (Å²) in [6.07, 6.45) is 3.83. The summed E-state index contributed by atoms with van der Waals surface area (Å²) >= 11 is 0. The lowest BCUT2D eigenvalue weighted by Crippen LogP contribution is -2.44. The van der Waals surface area contributed by atoms with Crippen molar-refractivity contribution in [3.05, 3.63) is 63.6 Å². The highest BCUT2D eigenvalue weighted by atomic mass is 16.5. The van der Waals surface area contributed by atoms with E-state index in [4.69, 9.17) is 4.74 Å². The van der Waals surface area contributed by atoms with E-state index in [-0.39, 0.29) is 17.7 Å². The number of hydrogen-bond acceptors (Lipinski definition) is 4. The molecule has 0 fully saturated rings. The Balaban J connectivity index is 1.81. The maximum atomic E-state index is 12.4. The largest absolute Gasteiger partial charge is 0.497 e. The highest BCUT2D eigenvalue weighted by molar-refractivity contribution is 5.93. The van der Waals surface area contributed by atoms with Gasteiger partial charge in [0.1, 0.15) is 16.9 Å². The number of carbonyl (C=O) groups is 1. The van der Waals surface area contributed by atoms with Crippen molar-refractivity contribution in [2.75, 3.05) is 13.7 Å². The number of aryl methyl sites for hydroxylation is 2. The molecule has 0 saturated carbocycles. The first-order valence-electron chi connectivity index (χ1n) is 8.28. The van der Waals surface area contributed by atoms with Gasteiger partial charge in [-0.1, -0.05) is 6.07 Å². The number of carbonyl (C=O) groups excluding carboxylic acids is 1. The molecule has 2 N–H and O–H groups in total. The molecule has 1 aromatic heterocycles. The number of rotatable bonds is 4. The van der Waals surface area contributed by atoms with Gasteiger partial charge in [-0.3, -0.25) is 9.59 Å². The number of amides is 1. The summed E-state index contributed by atoms with van der Waals surface area (Å²) in [5.41, 5.74) is 0.397. The number of benzene rings is 1. The summed E-state index contributed by atoms with van der Waals surface area (Å²) in [6.45, 7) is 0.0587. The third-order valence-corrected chi connectivity index (χ3v) is 4.76. The molecule has 6 heteroatoms.